The van der Waals surface area contributed by atoms with Crippen LogP contribution in [0.1, 0.15) is 29.5 Å². The smallest absolute Gasteiger partial charge is 0.262 e. The summed E-state index contributed by atoms with van der Waals surface area (Å²) in [5, 5.41) is 11.9. The van der Waals surface area contributed by atoms with Crippen LogP contribution in [-0.4, -0.2) is 17.6 Å². The van der Waals surface area contributed by atoms with Crippen LogP contribution >= 0.6 is 0 Å². The van der Waals surface area contributed by atoms with E-state index in [9.17, 15) is 4.79 Å². The number of anilines is 1. The molecule has 0 radical (unpaired) electrons. The normalized spacial score (nSPS) is 13.3. The number of aliphatic hydroxyl groups excluding tert-OH is 1. The molecule has 0 unspecified atom stereocenters. The zero-order chi connectivity index (χ0) is 16.1. The quantitative estimate of drug-likeness (QED) is 0.892. The highest BCUT2D eigenvalue weighted by atomic mass is 16.5. The van der Waals surface area contributed by atoms with E-state index in [-0.39, 0.29) is 19.1 Å². The molecule has 2 aromatic carbocycles. The third-order valence-corrected chi connectivity index (χ3v) is 4.08. The van der Waals surface area contributed by atoms with Gasteiger partial charge in [0.25, 0.3) is 5.91 Å². The van der Waals surface area contributed by atoms with Crippen LogP contribution in [0.5, 0.6) is 5.75 Å². The third-order valence-electron chi connectivity index (χ3n) is 4.08. The summed E-state index contributed by atoms with van der Waals surface area (Å²) in [6.45, 7) is -0.0719. The number of carbonyl (C=O) groups is 1. The number of fused-ring (bicyclic) bond motifs is 1. The Morgan fingerprint density at radius 2 is 1.91 bits per heavy atom. The number of ether oxygens (including phenoxy) is 1. The van der Waals surface area contributed by atoms with E-state index in [1.165, 1.54) is 24.0 Å². The van der Waals surface area contributed by atoms with Gasteiger partial charge in [-0.15, -0.1) is 0 Å². The van der Waals surface area contributed by atoms with Crippen LogP contribution in [0.25, 0.3) is 0 Å². The van der Waals surface area contributed by atoms with Crippen molar-refractivity contribution >= 4 is 11.6 Å². The second-order valence-electron chi connectivity index (χ2n) is 5.83. The van der Waals surface area contributed by atoms with E-state index in [1.54, 1.807) is 24.3 Å². The van der Waals surface area contributed by atoms with E-state index < -0.39 is 0 Å². The van der Waals surface area contributed by atoms with Gasteiger partial charge in [0.05, 0.1) is 6.61 Å². The molecule has 0 aromatic heterocycles. The predicted molar refractivity (Wildman–Crippen MR) is 89.6 cm³/mol. The Morgan fingerprint density at radius 1 is 1.09 bits per heavy atom. The lowest BCUT2D eigenvalue weighted by molar-refractivity contribution is -0.118. The molecule has 4 heteroatoms. The van der Waals surface area contributed by atoms with Crippen molar-refractivity contribution in [3.63, 3.8) is 0 Å². The lowest BCUT2D eigenvalue weighted by Gasteiger charge is -2.16. The van der Waals surface area contributed by atoms with Crippen molar-refractivity contribution in [2.24, 2.45) is 0 Å². The first-order chi connectivity index (χ1) is 11.2. The first-order valence-electron chi connectivity index (χ1n) is 7.99. The Labute approximate surface area is 136 Å². The van der Waals surface area contributed by atoms with Crippen LogP contribution in [0.15, 0.2) is 42.5 Å². The van der Waals surface area contributed by atoms with Gasteiger partial charge in [0.1, 0.15) is 5.75 Å². The Bertz CT molecular complexity index is 697. The summed E-state index contributed by atoms with van der Waals surface area (Å²) in [6.07, 6.45) is 4.70. The summed E-state index contributed by atoms with van der Waals surface area (Å²) >= 11 is 0. The van der Waals surface area contributed by atoms with Gasteiger partial charge in [-0.2, -0.15) is 0 Å². The number of hydrogen-bond acceptors (Lipinski definition) is 3. The largest absolute Gasteiger partial charge is 0.484 e. The number of aryl methyl sites for hydroxylation is 2. The second kappa shape index (κ2) is 7.29. The molecule has 1 amide bonds. The minimum absolute atomic E-state index is 0.0257. The molecule has 23 heavy (non-hydrogen) atoms. The highest BCUT2D eigenvalue weighted by molar-refractivity contribution is 5.91. The zero-order valence-electron chi connectivity index (χ0n) is 13.0. The van der Waals surface area contributed by atoms with Gasteiger partial charge < -0.3 is 15.2 Å². The summed E-state index contributed by atoms with van der Waals surface area (Å²) in [7, 11) is 0. The first kappa shape index (κ1) is 15.6. The van der Waals surface area contributed by atoms with Crippen molar-refractivity contribution in [1.29, 1.82) is 0 Å². The van der Waals surface area contributed by atoms with Gasteiger partial charge in [0, 0.05) is 5.69 Å². The molecule has 0 aliphatic heterocycles. The first-order valence-corrected chi connectivity index (χ1v) is 7.99. The lowest BCUT2D eigenvalue weighted by Crippen LogP contribution is -2.20. The number of nitrogens with one attached hydrogen (secondary N) is 1. The molecular formula is C19H21NO3. The Morgan fingerprint density at radius 3 is 2.74 bits per heavy atom. The molecule has 0 atom stereocenters. The summed E-state index contributed by atoms with van der Waals surface area (Å²) in [5.41, 5.74) is 4.16. The number of benzene rings is 2. The summed E-state index contributed by atoms with van der Waals surface area (Å²) in [6, 6.07) is 13.2. The van der Waals surface area contributed by atoms with Crippen molar-refractivity contribution in [3.05, 3.63) is 59.2 Å². The molecule has 0 bridgehead atoms. The molecule has 4 nitrogen and oxygen atoms in total. The molecule has 2 N–H and O–H groups in total. The van der Waals surface area contributed by atoms with Gasteiger partial charge in [-0.25, -0.2) is 0 Å². The van der Waals surface area contributed by atoms with Crippen LogP contribution in [-0.2, 0) is 24.2 Å². The van der Waals surface area contributed by atoms with Crippen molar-refractivity contribution in [1.82, 2.24) is 0 Å². The van der Waals surface area contributed by atoms with Crippen LogP contribution in [0.3, 0.4) is 0 Å². The molecule has 0 heterocycles. The molecule has 0 saturated heterocycles. The molecular weight excluding hydrogens is 290 g/mol. The van der Waals surface area contributed by atoms with Crippen molar-refractivity contribution < 1.29 is 14.6 Å². The van der Waals surface area contributed by atoms with Crippen molar-refractivity contribution in [2.45, 2.75) is 32.3 Å². The van der Waals surface area contributed by atoms with Crippen molar-refractivity contribution in [2.75, 3.05) is 11.9 Å². The average molecular weight is 311 g/mol. The van der Waals surface area contributed by atoms with E-state index in [0.29, 0.717) is 5.69 Å². The molecule has 1 aliphatic rings. The monoisotopic (exact) mass is 311 g/mol. The van der Waals surface area contributed by atoms with Gasteiger partial charge >= 0.3 is 0 Å². The van der Waals surface area contributed by atoms with Crippen molar-refractivity contribution in [3.8, 4) is 5.75 Å². The fourth-order valence-electron chi connectivity index (χ4n) is 2.89. The van der Waals surface area contributed by atoms with Gasteiger partial charge in [0.15, 0.2) is 6.61 Å². The second-order valence-corrected chi connectivity index (χ2v) is 5.83. The Balaban J connectivity index is 1.56. The lowest BCUT2D eigenvalue weighted by atomic mass is 9.92. The Hall–Kier alpha value is -2.33. The average Bonchev–Trinajstić information content (AvgIpc) is 2.60. The van der Waals surface area contributed by atoms with Crippen LogP contribution in [0, 0.1) is 0 Å². The van der Waals surface area contributed by atoms with Gasteiger partial charge in [-0.1, -0.05) is 18.2 Å². The summed E-state index contributed by atoms with van der Waals surface area (Å²) in [5.74, 6) is 0.530. The Kier molecular flexibility index (Phi) is 4.93. The third kappa shape index (κ3) is 4.11. The van der Waals surface area contributed by atoms with E-state index >= 15 is 0 Å². The number of carbonyl (C=O) groups excluding carboxylic acids is 1. The predicted octanol–water partition coefficient (Wildman–Crippen LogP) is 3.08. The van der Waals surface area contributed by atoms with Gasteiger partial charge in [0.2, 0.25) is 0 Å². The maximum atomic E-state index is 12.0. The van der Waals surface area contributed by atoms with E-state index in [4.69, 9.17) is 9.84 Å². The fourth-order valence-corrected chi connectivity index (χ4v) is 2.89. The van der Waals surface area contributed by atoms with Crippen LogP contribution in [0.4, 0.5) is 5.69 Å². The number of hydrogen-bond donors (Lipinski definition) is 2. The SMILES string of the molecule is O=C(COc1ccc2c(c1)CCCC2)Nc1cccc(CO)c1. The molecule has 0 spiro atoms. The molecule has 0 fully saturated rings. The maximum Gasteiger partial charge on any atom is 0.262 e. The molecule has 1 aliphatic carbocycles. The minimum Gasteiger partial charge on any atom is -0.484 e. The minimum atomic E-state index is -0.210. The topological polar surface area (TPSA) is 58.6 Å². The fraction of sp³-hybridized carbons (Fsp3) is 0.316. The van der Waals surface area contributed by atoms with Crippen LogP contribution < -0.4 is 10.1 Å². The highest BCUT2D eigenvalue weighted by Crippen LogP contribution is 2.25. The van der Waals surface area contributed by atoms with E-state index in [2.05, 4.69) is 11.4 Å². The number of rotatable bonds is 5. The van der Waals surface area contributed by atoms with Gasteiger partial charge in [-0.05, 0) is 66.6 Å². The van der Waals surface area contributed by atoms with E-state index in [1.807, 2.05) is 12.1 Å². The number of amides is 1. The molecule has 120 valence electrons. The molecule has 0 saturated carbocycles. The van der Waals surface area contributed by atoms with Gasteiger partial charge in [-0.3, -0.25) is 4.79 Å². The van der Waals surface area contributed by atoms with E-state index in [0.717, 1.165) is 24.2 Å². The highest BCUT2D eigenvalue weighted by Gasteiger charge is 2.11. The molecule has 2 aromatic rings. The molecule has 3 rings (SSSR count). The zero-order valence-corrected chi connectivity index (χ0v) is 13.0. The summed E-state index contributed by atoms with van der Waals surface area (Å²) in [4.78, 5) is 12.0. The summed E-state index contributed by atoms with van der Waals surface area (Å²) < 4.78 is 5.60. The van der Waals surface area contributed by atoms with Crippen LogP contribution in [0.2, 0.25) is 0 Å². The maximum absolute atomic E-state index is 12.0. The number of aliphatic hydroxyl groups is 1. The standard InChI is InChI=1S/C19H21NO3/c21-12-14-4-3-7-17(10-14)20-19(22)13-23-18-9-8-15-5-1-2-6-16(15)11-18/h3-4,7-11,21H,1-2,5-6,12-13H2,(H,20,22).